The molecule has 0 bridgehead atoms. The van der Waals surface area contributed by atoms with Gasteiger partial charge in [-0.25, -0.2) is 0 Å². The van der Waals surface area contributed by atoms with Crippen LogP contribution in [0.25, 0.3) is 0 Å². The molecule has 1 aliphatic carbocycles. The van der Waals surface area contributed by atoms with Crippen molar-refractivity contribution in [1.29, 1.82) is 0 Å². The van der Waals surface area contributed by atoms with E-state index in [4.69, 9.17) is 0 Å². The fourth-order valence-electron chi connectivity index (χ4n) is 3.44. The molecule has 4 nitrogen and oxygen atoms in total. The Bertz CT molecular complexity index is 307. The van der Waals surface area contributed by atoms with E-state index in [1.807, 2.05) is 4.90 Å². The van der Waals surface area contributed by atoms with Crippen LogP contribution in [-0.4, -0.2) is 61.0 Å². The van der Waals surface area contributed by atoms with Gasteiger partial charge in [0.25, 0.3) is 0 Å². The topological polar surface area (TPSA) is 35.6 Å². The lowest BCUT2D eigenvalue weighted by Crippen LogP contribution is -2.40. The lowest BCUT2D eigenvalue weighted by molar-refractivity contribution is -0.131. The van der Waals surface area contributed by atoms with Gasteiger partial charge in [-0.15, -0.1) is 0 Å². The Labute approximate surface area is 130 Å². The minimum atomic E-state index is 0.329. The molecule has 0 spiro atoms. The van der Waals surface area contributed by atoms with E-state index in [2.05, 4.69) is 24.1 Å². The number of carbonyl (C=O) groups excluding carboxylic acids is 1. The van der Waals surface area contributed by atoms with Gasteiger partial charge in [0.1, 0.15) is 0 Å². The van der Waals surface area contributed by atoms with Crippen molar-refractivity contribution in [3.05, 3.63) is 0 Å². The molecule has 2 aliphatic rings. The number of piperidine rings is 1. The van der Waals surface area contributed by atoms with Gasteiger partial charge in [-0.3, -0.25) is 4.79 Å². The molecule has 1 saturated carbocycles. The van der Waals surface area contributed by atoms with Gasteiger partial charge in [0.15, 0.2) is 0 Å². The van der Waals surface area contributed by atoms with E-state index in [1.165, 1.54) is 45.3 Å². The van der Waals surface area contributed by atoms with E-state index in [0.29, 0.717) is 12.3 Å². The lowest BCUT2D eigenvalue weighted by atomic mass is 9.99. The third-order valence-corrected chi connectivity index (χ3v) is 4.91. The van der Waals surface area contributed by atoms with Crippen molar-refractivity contribution in [3.8, 4) is 0 Å². The molecule has 122 valence electrons. The van der Waals surface area contributed by atoms with E-state index in [0.717, 1.165) is 38.0 Å². The zero-order valence-electron chi connectivity index (χ0n) is 13.9. The van der Waals surface area contributed by atoms with Crippen LogP contribution in [0.5, 0.6) is 0 Å². The first-order valence-corrected chi connectivity index (χ1v) is 8.97. The van der Waals surface area contributed by atoms with Crippen molar-refractivity contribution in [2.75, 3.05) is 39.3 Å². The summed E-state index contributed by atoms with van der Waals surface area (Å²) in [7, 11) is 0. The standard InChI is InChI=1S/C17H33N3O/c1-3-19(4-2)17(21)8-6-12-20(16-9-10-16)14-15-7-5-11-18-13-15/h15-16,18H,3-14H2,1-2H3. The lowest BCUT2D eigenvalue weighted by Gasteiger charge is -2.30. The van der Waals surface area contributed by atoms with Crippen LogP contribution in [0.2, 0.25) is 0 Å². The Hall–Kier alpha value is -0.610. The van der Waals surface area contributed by atoms with Crippen molar-refractivity contribution < 1.29 is 4.79 Å². The number of hydrogen-bond donors (Lipinski definition) is 1. The smallest absolute Gasteiger partial charge is 0.222 e. The van der Waals surface area contributed by atoms with Crippen molar-refractivity contribution in [3.63, 3.8) is 0 Å². The highest BCUT2D eigenvalue weighted by Gasteiger charge is 2.30. The zero-order chi connectivity index (χ0) is 15.1. The van der Waals surface area contributed by atoms with Crippen LogP contribution in [0.15, 0.2) is 0 Å². The van der Waals surface area contributed by atoms with Gasteiger partial charge in [-0.1, -0.05) is 0 Å². The molecule has 1 N–H and O–H groups in total. The molecule has 2 rings (SSSR count). The maximum Gasteiger partial charge on any atom is 0.222 e. The van der Waals surface area contributed by atoms with E-state index >= 15 is 0 Å². The van der Waals surface area contributed by atoms with Crippen LogP contribution in [0.3, 0.4) is 0 Å². The number of carbonyl (C=O) groups is 1. The molecule has 0 aromatic carbocycles. The number of amides is 1. The Balaban J connectivity index is 1.69. The first kappa shape index (κ1) is 16.8. The van der Waals surface area contributed by atoms with Crippen molar-refractivity contribution in [1.82, 2.24) is 15.1 Å². The van der Waals surface area contributed by atoms with Crippen LogP contribution >= 0.6 is 0 Å². The summed E-state index contributed by atoms with van der Waals surface area (Å²) >= 11 is 0. The second-order valence-corrected chi connectivity index (χ2v) is 6.61. The molecule has 0 radical (unpaired) electrons. The number of nitrogens with one attached hydrogen (secondary N) is 1. The Morgan fingerprint density at radius 2 is 1.95 bits per heavy atom. The normalized spacial score (nSPS) is 22.5. The maximum absolute atomic E-state index is 12.1. The minimum Gasteiger partial charge on any atom is -0.343 e. The highest BCUT2D eigenvalue weighted by molar-refractivity contribution is 5.76. The number of rotatable bonds is 9. The summed E-state index contributed by atoms with van der Waals surface area (Å²) in [6, 6.07) is 0.815. The molecule has 2 fully saturated rings. The minimum absolute atomic E-state index is 0.329. The highest BCUT2D eigenvalue weighted by Crippen LogP contribution is 2.28. The average Bonchev–Trinajstić information content (AvgIpc) is 3.33. The first-order chi connectivity index (χ1) is 10.2. The predicted octanol–water partition coefficient (Wildman–Crippen LogP) is 2.10. The van der Waals surface area contributed by atoms with Gasteiger partial charge in [-0.2, -0.15) is 0 Å². The molecule has 1 unspecified atom stereocenters. The van der Waals surface area contributed by atoms with Crippen molar-refractivity contribution >= 4 is 5.91 Å². The summed E-state index contributed by atoms with van der Waals surface area (Å²) in [6.45, 7) is 10.5. The zero-order valence-corrected chi connectivity index (χ0v) is 13.9. The number of hydrogen-bond acceptors (Lipinski definition) is 3. The second-order valence-electron chi connectivity index (χ2n) is 6.61. The second kappa shape index (κ2) is 8.74. The van der Waals surface area contributed by atoms with E-state index < -0.39 is 0 Å². The summed E-state index contributed by atoms with van der Waals surface area (Å²) in [5.41, 5.74) is 0. The van der Waals surface area contributed by atoms with Crippen molar-refractivity contribution in [2.45, 2.75) is 58.4 Å². The van der Waals surface area contributed by atoms with E-state index in [1.54, 1.807) is 0 Å². The summed E-state index contributed by atoms with van der Waals surface area (Å²) in [5.74, 6) is 1.15. The average molecular weight is 295 g/mol. The summed E-state index contributed by atoms with van der Waals surface area (Å²) in [4.78, 5) is 16.7. The van der Waals surface area contributed by atoms with Crippen LogP contribution in [0.4, 0.5) is 0 Å². The molecule has 0 aromatic heterocycles. The fraction of sp³-hybridized carbons (Fsp3) is 0.941. The van der Waals surface area contributed by atoms with Gasteiger partial charge < -0.3 is 15.1 Å². The molecule has 1 amide bonds. The van der Waals surface area contributed by atoms with E-state index in [-0.39, 0.29) is 0 Å². The molecule has 1 atom stereocenters. The van der Waals surface area contributed by atoms with E-state index in [9.17, 15) is 4.79 Å². The monoisotopic (exact) mass is 295 g/mol. The van der Waals surface area contributed by atoms with Gasteiger partial charge in [0.2, 0.25) is 5.91 Å². The summed E-state index contributed by atoms with van der Waals surface area (Å²) in [6.07, 6.45) is 7.16. The van der Waals surface area contributed by atoms with Crippen molar-refractivity contribution in [2.24, 2.45) is 5.92 Å². The maximum atomic E-state index is 12.1. The molecule has 1 aliphatic heterocycles. The van der Waals surface area contributed by atoms with Gasteiger partial charge in [0, 0.05) is 32.1 Å². The quantitative estimate of drug-likeness (QED) is 0.707. The number of nitrogens with zero attached hydrogens (tertiary/aromatic N) is 2. The van der Waals surface area contributed by atoms with Gasteiger partial charge in [-0.05, 0) is 71.5 Å². The molecule has 21 heavy (non-hydrogen) atoms. The SMILES string of the molecule is CCN(CC)C(=O)CCCN(CC1CCCNC1)C1CC1. The molecule has 1 saturated heterocycles. The van der Waals surface area contributed by atoms with Gasteiger partial charge in [0.05, 0.1) is 0 Å². The van der Waals surface area contributed by atoms with Crippen LogP contribution in [-0.2, 0) is 4.79 Å². The first-order valence-electron chi connectivity index (χ1n) is 8.97. The molecular weight excluding hydrogens is 262 g/mol. The Kier molecular flexibility index (Phi) is 6.97. The fourth-order valence-corrected chi connectivity index (χ4v) is 3.44. The molecular formula is C17H33N3O. The predicted molar refractivity (Wildman–Crippen MR) is 87.4 cm³/mol. The summed E-state index contributed by atoms with van der Waals surface area (Å²) in [5, 5.41) is 3.52. The molecule has 1 heterocycles. The van der Waals surface area contributed by atoms with Gasteiger partial charge >= 0.3 is 0 Å². The largest absolute Gasteiger partial charge is 0.343 e. The summed E-state index contributed by atoms with van der Waals surface area (Å²) < 4.78 is 0. The Morgan fingerprint density at radius 3 is 2.52 bits per heavy atom. The van der Waals surface area contributed by atoms with Crippen LogP contribution in [0.1, 0.15) is 52.4 Å². The third-order valence-electron chi connectivity index (χ3n) is 4.91. The van der Waals surface area contributed by atoms with Crippen LogP contribution in [0, 0.1) is 5.92 Å². The Morgan fingerprint density at radius 1 is 1.19 bits per heavy atom. The molecule has 0 aromatic rings. The van der Waals surface area contributed by atoms with Crippen LogP contribution < -0.4 is 5.32 Å². The third kappa shape index (κ3) is 5.59. The highest BCUT2D eigenvalue weighted by atomic mass is 16.2. The molecule has 4 heteroatoms.